The third-order valence-electron chi connectivity index (χ3n) is 6.98. The summed E-state index contributed by atoms with van der Waals surface area (Å²) >= 11 is 0. The van der Waals surface area contributed by atoms with Crippen LogP contribution >= 0.6 is 0 Å². The van der Waals surface area contributed by atoms with Gasteiger partial charge in [0.05, 0.1) is 5.60 Å². The van der Waals surface area contributed by atoms with E-state index in [1.165, 1.54) is 38.5 Å². The van der Waals surface area contributed by atoms with Crippen LogP contribution in [-0.4, -0.2) is 10.7 Å². The highest BCUT2D eigenvalue weighted by Gasteiger charge is 2.66. The Hall–Kier alpha value is -0.0400. The van der Waals surface area contributed by atoms with E-state index in [-0.39, 0.29) is 16.2 Å². The molecule has 0 unspecified atom stereocenters. The summed E-state index contributed by atoms with van der Waals surface area (Å²) in [5.74, 6) is 2.70. The largest absolute Gasteiger partial charge is 0.388 e. The predicted molar refractivity (Wildman–Crippen MR) is 84.5 cm³/mol. The first-order chi connectivity index (χ1) is 8.98. The zero-order chi connectivity index (χ0) is 15.0. The van der Waals surface area contributed by atoms with E-state index in [2.05, 4.69) is 41.5 Å². The second-order valence-electron chi connectivity index (χ2n) is 10.4. The normalized spacial score (nSPS) is 41.2. The van der Waals surface area contributed by atoms with Gasteiger partial charge in [-0.1, -0.05) is 41.5 Å². The minimum absolute atomic E-state index is 0.0586. The minimum Gasteiger partial charge on any atom is -0.388 e. The Balaban J connectivity index is 2.08. The Morgan fingerprint density at radius 3 is 1.25 bits per heavy atom. The van der Waals surface area contributed by atoms with Gasteiger partial charge in [0.2, 0.25) is 0 Å². The molecule has 0 spiro atoms. The average Bonchev–Trinajstić information content (AvgIpc) is 2.22. The molecule has 0 saturated heterocycles. The first-order valence-corrected chi connectivity index (χ1v) is 8.71. The van der Waals surface area contributed by atoms with E-state index >= 15 is 0 Å². The second kappa shape index (κ2) is 4.03. The number of hydrogen-bond donors (Lipinski definition) is 1. The Morgan fingerprint density at radius 1 is 0.700 bits per heavy atom. The van der Waals surface area contributed by atoms with Gasteiger partial charge in [0.15, 0.2) is 0 Å². The molecular weight excluding hydrogens is 244 g/mol. The first kappa shape index (κ1) is 14.9. The molecule has 0 amide bonds. The molecule has 4 aliphatic rings. The van der Waals surface area contributed by atoms with Crippen LogP contribution in [0.1, 0.15) is 80.1 Å². The lowest BCUT2D eigenvalue weighted by molar-refractivity contribution is -0.266. The summed E-state index contributed by atoms with van der Waals surface area (Å²) in [4.78, 5) is 0. The minimum atomic E-state index is -0.566. The molecule has 4 bridgehead atoms. The molecule has 0 radical (unpaired) electrons. The zero-order valence-electron chi connectivity index (χ0n) is 14.4. The molecule has 0 atom stereocenters. The van der Waals surface area contributed by atoms with Gasteiger partial charge in [-0.3, -0.25) is 0 Å². The monoisotopic (exact) mass is 278 g/mol. The van der Waals surface area contributed by atoms with Crippen LogP contribution in [-0.2, 0) is 0 Å². The molecule has 4 rings (SSSR count). The molecule has 0 aromatic carbocycles. The van der Waals surface area contributed by atoms with Crippen LogP contribution in [0, 0.1) is 34.0 Å². The van der Waals surface area contributed by atoms with E-state index in [4.69, 9.17) is 0 Å². The van der Waals surface area contributed by atoms with Crippen molar-refractivity contribution < 1.29 is 5.11 Å². The smallest absolute Gasteiger partial charge is 0.0799 e. The third kappa shape index (κ3) is 1.77. The van der Waals surface area contributed by atoms with E-state index < -0.39 is 5.60 Å². The van der Waals surface area contributed by atoms with Crippen molar-refractivity contribution in [3.05, 3.63) is 0 Å². The molecule has 4 saturated carbocycles. The lowest BCUT2D eigenvalue weighted by Crippen LogP contribution is -2.68. The molecule has 116 valence electrons. The molecule has 20 heavy (non-hydrogen) atoms. The summed E-state index contributed by atoms with van der Waals surface area (Å²) in [5, 5.41) is 12.0. The molecule has 4 fully saturated rings. The fraction of sp³-hybridized carbons (Fsp3) is 1.00. The third-order valence-corrected chi connectivity index (χ3v) is 6.98. The average molecular weight is 278 g/mol. The maximum atomic E-state index is 12.0. The summed E-state index contributed by atoms with van der Waals surface area (Å²) in [6.45, 7) is 13.6. The zero-order valence-corrected chi connectivity index (χ0v) is 14.4. The van der Waals surface area contributed by atoms with Crippen molar-refractivity contribution in [1.82, 2.24) is 0 Å². The lowest BCUT2D eigenvalue weighted by Gasteiger charge is -2.68. The predicted octanol–water partition coefficient (Wildman–Crippen LogP) is 5.03. The van der Waals surface area contributed by atoms with Gasteiger partial charge in [0.1, 0.15) is 0 Å². The maximum Gasteiger partial charge on any atom is 0.0799 e. The standard InChI is InChI=1S/C19H34O/c1-16(2,3)19(20,17(4,5)6)18-10-13-7-14(11-18)9-15(8-13)12-18/h13-15,20H,7-12H2,1-6H3. The second-order valence-corrected chi connectivity index (χ2v) is 10.4. The van der Waals surface area contributed by atoms with Gasteiger partial charge >= 0.3 is 0 Å². The Labute approximate surface area is 125 Å². The number of rotatable bonds is 1. The Morgan fingerprint density at radius 2 is 1.00 bits per heavy atom. The van der Waals surface area contributed by atoms with E-state index in [0.717, 1.165) is 17.8 Å². The molecule has 0 aromatic heterocycles. The summed E-state index contributed by atoms with van der Waals surface area (Å²) in [6.07, 6.45) is 8.19. The highest BCUT2D eigenvalue weighted by Crippen LogP contribution is 2.69. The van der Waals surface area contributed by atoms with Gasteiger partial charge in [0, 0.05) is 5.41 Å². The van der Waals surface area contributed by atoms with Gasteiger partial charge in [-0.15, -0.1) is 0 Å². The summed E-state index contributed by atoms with van der Waals surface area (Å²) < 4.78 is 0. The molecule has 1 heteroatoms. The van der Waals surface area contributed by atoms with Crippen LogP contribution in [0.25, 0.3) is 0 Å². The fourth-order valence-corrected chi connectivity index (χ4v) is 7.27. The van der Waals surface area contributed by atoms with Crippen molar-refractivity contribution in [1.29, 1.82) is 0 Å². The van der Waals surface area contributed by atoms with Gasteiger partial charge in [-0.2, -0.15) is 0 Å². The van der Waals surface area contributed by atoms with Crippen molar-refractivity contribution in [2.24, 2.45) is 34.0 Å². The van der Waals surface area contributed by atoms with Crippen molar-refractivity contribution in [2.45, 2.75) is 85.7 Å². The van der Waals surface area contributed by atoms with Gasteiger partial charge in [-0.25, -0.2) is 0 Å². The lowest BCUT2D eigenvalue weighted by atomic mass is 9.39. The van der Waals surface area contributed by atoms with Crippen LogP contribution in [0.4, 0.5) is 0 Å². The number of hydrogen-bond acceptors (Lipinski definition) is 1. The highest BCUT2D eigenvalue weighted by atomic mass is 16.3. The first-order valence-electron chi connectivity index (χ1n) is 8.71. The number of aliphatic hydroxyl groups is 1. The molecular formula is C19H34O. The molecule has 1 N–H and O–H groups in total. The quantitative estimate of drug-likeness (QED) is 0.713. The fourth-order valence-electron chi connectivity index (χ4n) is 7.27. The van der Waals surface area contributed by atoms with Crippen LogP contribution < -0.4 is 0 Å². The van der Waals surface area contributed by atoms with E-state index in [1.807, 2.05) is 0 Å². The molecule has 4 aliphatic carbocycles. The molecule has 0 heterocycles. The van der Waals surface area contributed by atoms with Crippen molar-refractivity contribution in [3.63, 3.8) is 0 Å². The molecule has 0 aromatic rings. The van der Waals surface area contributed by atoms with Crippen LogP contribution in [0.2, 0.25) is 0 Å². The molecule has 1 nitrogen and oxygen atoms in total. The Bertz CT molecular complexity index is 344. The van der Waals surface area contributed by atoms with Crippen molar-refractivity contribution in [2.75, 3.05) is 0 Å². The topological polar surface area (TPSA) is 20.2 Å². The van der Waals surface area contributed by atoms with Gasteiger partial charge in [0.25, 0.3) is 0 Å². The SMILES string of the molecule is CC(C)(C)C(O)(C(C)(C)C)C12CC3CC(CC(C3)C1)C2. The van der Waals surface area contributed by atoms with Crippen LogP contribution in [0.15, 0.2) is 0 Å². The van der Waals surface area contributed by atoms with E-state index in [9.17, 15) is 5.11 Å². The summed E-state index contributed by atoms with van der Waals surface area (Å²) in [7, 11) is 0. The Kier molecular flexibility index (Phi) is 3.00. The van der Waals surface area contributed by atoms with E-state index in [1.54, 1.807) is 0 Å². The maximum absolute atomic E-state index is 12.0. The molecule has 0 aliphatic heterocycles. The van der Waals surface area contributed by atoms with Gasteiger partial charge < -0.3 is 5.11 Å². The van der Waals surface area contributed by atoms with E-state index in [0.29, 0.717) is 0 Å². The van der Waals surface area contributed by atoms with Crippen LogP contribution in [0.5, 0.6) is 0 Å². The van der Waals surface area contributed by atoms with Crippen LogP contribution in [0.3, 0.4) is 0 Å². The highest BCUT2D eigenvalue weighted by molar-refractivity contribution is 5.16. The summed E-state index contributed by atoms with van der Waals surface area (Å²) in [6, 6.07) is 0. The van der Waals surface area contributed by atoms with Gasteiger partial charge in [-0.05, 0) is 67.1 Å². The summed E-state index contributed by atoms with van der Waals surface area (Å²) in [5.41, 5.74) is -0.505. The van der Waals surface area contributed by atoms with Crippen molar-refractivity contribution in [3.8, 4) is 0 Å². The van der Waals surface area contributed by atoms with Crippen molar-refractivity contribution >= 4 is 0 Å².